The summed E-state index contributed by atoms with van der Waals surface area (Å²) in [5, 5.41) is 21.3. The van der Waals surface area contributed by atoms with Gasteiger partial charge in [-0.3, -0.25) is 14.2 Å². The Balaban J connectivity index is 1.52. The zero-order valence-corrected chi connectivity index (χ0v) is 15.4. The van der Waals surface area contributed by atoms with Gasteiger partial charge in [0.2, 0.25) is 5.91 Å². The highest BCUT2D eigenvalue weighted by Crippen LogP contribution is 2.23. The standard InChI is InChI=1S/C18H21N5O2S/c1-21-16(5-6-19-21)18(25)15-10-13-12-22(7-3-8-23(13)20-15)17(24)11-14-4-2-9-26-14/h2,4-6,9-10,18,25H,3,7-8,11-12H2,1H3. The van der Waals surface area contributed by atoms with E-state index in [4.69, 9.17) is 0 Å². The summed E-state index contributed by atoms with van der Waals surface area (Å²) in [6.07, 6.45) is 2.13. The molecule has 26 heavy (non-hydrogen) atoms. The van der Waals surface area contributed by atoms with Gasteiger partial charge in [0.15, 0.2) is 0 Å². The van der Waals surface area contributed by atoms with E-state index in [0.717, 1.165) is 30.1 Å². The van der Waals surface area contributed by atoms with E-state index in [9.17, 15) is 9.90 Å². The third-order valence-corrected chi connectivity index (χ3v) is 5.59. The number of carbonyl (C=O) groups is 1. The van der Waals surface area contributed by atoms with Gasteiger partial charge in [0.1, 0.15) is 6.10 Å². The molecule has 1 N–H and O–H groups in total. The largest absolute Gasteiger partial charge is 0.380 e. The number of rotatable bonds is 4. The van der Waals surface area contributed by atoms with Crippen LogP contribution in [0.3, 0.4) is 0 Å². The summed E-state index contributed by atoms with van der Waals surface area (Å²) in [5.74, 6) is 0.135. The molecule has 4 rings (SSSR count). The van der Waals surface area contributed by atoms with Crippen molar-refractivity contribution < 1.29 is 9.90 Å². The van der Waals surface area contributed by atoms with E-state index in [1.807, 2.05) is 33.2 Å². The molecule has 0 spiro atoms. The Hall–Kier alpha value is -2.45. The van der Waals surface area contributed by atoms with Crippen molar-refractivity contribution in [2.24, 2.45) is 7.05 Å². The number of aryl methyl sites for hydroxylation is 2. The average Bonchev–Trinajstić information content (AvgIpc) is 3.34. The Morgan fingerprint density at radius 3 is 3.00 bits per heavy atom. The lowest BCUT2D eigenvalue weighted by Gasteiger charge is -2.19. The Labute approximate surface area is 155 Å². The highest BCUT2D eigenvalue weighted by atomic mass is 32.1. The van der Waals surface area contributed by atoms with Gasteiger partial charge in [0.05, 0.1) is 30.0 Å². The zero-order valence-electron chi connectivity index (χ0n) is 14.6. The van der Waals surface area contributed by atoms with Crippen molar-refractivity contribution in [3.63, 3.8) is 0 Å². The molecule has 1 aliphatic heterocycles. The zero-order chi connectivity index (χ0) is 18.1. The van der Waals surface area contributed by atoms with Gasteiger partial charge in [0.25, 0.3) is 0 Å². The third-order valence-electron chi connectivity index (χ3n) is 4.71. The number of thiophene rings is 1. The summed E-state index contributed by atoms with van der Waals surface area (Å²) < 4.78 is 3.55. The molecule has 8 heteroatoms. The maximum atomic E-state index is 12.6. The molecule has 136 valence electrons. The van der Waals surface area contributed by atoms with Crippen LogP contribution in [0.4, 0.5) is 0 Å². The van der Waals surface area contributed by atoms with Gasteiger partial charge >= 0.3 is 0 Å². The van der Waals surface area contributed by atoms with E-state index in [0.29, 0.717) is 24.4 Å². The molecule has 1 atom stereocenters. The van der Waals surface area contributed by atoms with Crippen molar-refractivity contribution in [1.82, 2.24) is 24.5 Å². The monoisotopic (exact) mass is 371 g/mol. The molecule has 3 aromatic heterocycles. The second kappa shape index (κ2) is 7.05. The molecule has 4 heterocycles. The number of aliphatic hydroxyl groups excluding tert-OH is 1. The molecule has 0 radical (unpaired) electrons. The third kappa shape index (κ3) is 3.30. The minimum atomic E-state index is -0.822. The quantitative estimate of drug-likeness (QED) is 0.758. The first-order valence-corrected chi connectivity index (χ1v) is 9.52. The van der Waals surface area contributed by atoms with Gasteiger partial charge < -0.3 is 10.0 Å². The fourth-order valence-corrected chi connectivity index (χ4v) is 4.00. The molecule has 1 unspecified atom stereocenters. The Morgan fingerprint density at radius 1 is 1.38 bits per heavy atom. The van der Waals surface area contributed by atoms with Gasteiger partial charge in [-0.05, 0) is 30.0 Å². The molecule has 0 aromatic carbocycles. The lowest BCUT2D eigenvalue weighted by molar-refractivity contribution is -0.131. The second-order valence-corrected chi connectivity index (χ2v) is 7.52. The molecule has 0 aliphatic carbocycles. The maximum Gasteiger partial charge on any atom is 0.228 e. The minimum Gasteiger partial charge on any atom is -0.380 e. The van der Waals surface area contributed by atoms with Crippen LogP contribution in [0.25, 0.3) is 0 Å². The number of nitrogens with zero attached hydrogens (tertiary/aromatic N) is 5. The van der Waals surface area contributed by atoms with Gasteiger partial charge in [0, 0.05) is 31.2 Å². The molecule has 0 bridgehead atoms. The Kier molecular flexibility index (Phi) is 4.60. The fraction of sp³-hybridized carbons (Fsp3) is 0.389. The van der Waals surface area contributed by atoms with Crippen molar-refractivity contribution in [3.8, 4) is 0 Å². The van der Waals surface area contributed by atoms with E-state index < -0.39 is 6.10 Å². The van der Waals surface area contributed by atoms with E-state index in [1.54, 1.807) is 35.3 Å². The average molecular weight is 371 g/mol. The Bertz CT molecular complexity index is 899. The normalized spacial score (nSPS) is 15.5. The van der Waals surface area contributed by atoms with E-state index >= 15 is 0 Å². The summed E-state index contributed by atoms with van der Waals surface area (Å²) >= 11 is 1.61. The van der Waals surface area contributed by atoms with Crippen LogP contribution in [-0.2, 0) is 31.4 Å². The van der Waals surface area contributed by atoms with Crippen molar-refractivity contribution in [2.75, 3.05) is 6.54 Å². The summed E-state index contributed by atoms with van der Waals surface area (Å²) in [4.78, 5) is 15.6. The number of aliphatic hydroxyl groups is 1. The fourth-order valence-electron chi connectivity index (χ4n) is 3.31. The molecular formula is C18H21N5O2S. The Morgan fingerprint density at radius 2 is 2.27 bits per heavy atom. The highest BCUT2D eigenvalue weighted by molar-refractivity contribution is 7.10. The van der Waals surface area contributed by atoms with Gasteiger partial charge in [-0.25, -0.2) is 0 Å². The number of hydrogen-bond acceptors (Lipinski definition) is 5. The summed E-state index contributed by atoms with van der Waals surface area (Å²) in [7, 11) is 1.80. The van der Waals surface area contributed by atoms with Gasteiger partial charge in [-0.15, -0.1) is 11.3 Å². The number of hydrogen-bond donors (Lipinski definition) is 1. The molecule has 0 saturated carbocycles. The molecule has 1 amide bonds. The first-order valence-electron chi connectivity index (χ1n) is 8.64. The lowest BCUT2D eigenvalue weighted by Crippen LogP contribution is -2.31. The van der Waals surface area contributed by atoms with Crippen LogP contribution < -0.4 is 0 Å². The first kappa shape index (κ1) is 17.0. The van der Waals surface area contributed by atoms with Crippen LogP contribution in [0.2, 0.25) is 0 Å². The van der Waals surface area contributed by atoms with Crippen molar-refractivity contribution in [2.45, 2.75) is 32.0 Å². The second-order valence-electron chi connectivity index (χ2n) is 6.49. The van der Waals surface area contributed by atoms with Crippen LogP contribution in [-0.4, -0.2) is 42.0 Å². The first-order chi connectivity index (χ1) is 12.6. The summed E-state index contributed by atoms with van der Waals surface area (Å²) in [5.41, 5.74) is 2.25. The maximum absolute atomic E-state index is 12.6. The van der Waals surface area contributed by atoms with E-state index in [1.165, 1.54) is 0 Å². The molecule has 0 saturated heterocycles. The lowest BCUT2D eigenvalue weighted by atomic mass is 10.1. The smallest absolute Gasteiger partial charge is 0.228 e. The molecule has 0 fully saturated rings. The van der Waals surface area contributed by atoms with Crippen molar-refractivity contribution in [1.29, 1.82) is 0 Å². The SMILES string of the molecule is Cn1nccc1C(O)c1cc2n(n1)CCCN(C(=O)Cc1cccs1)C2. The topological polar surface area (TPSA) is 76.2 Å². The molecule has 1 aliphatic rings. The number of amides is 1. The van der Waals surface area contributed by atoms with Crippen LogP contribution in [0, 0.1) is 0 Å². The van der Waals surface area contributed by atoms with Crippen molar-refractivity contribution in [3.05, 3.63) is 57.8 Å². The highest BCUT2D eigenvalue weighted by Gasteiger charge is 2.24. The van der Waals surface area contributed by atoms with E-state index in [-0.39, 0.29) is 5.91 Å². The summed E-state index contributed by atoms with van der Waals surface area (Å²) in [6.45, 7) is 2.00. The van der Waals surface area contributed by atoms with Crippen molar-refractivity contribution >= 4 is 17.2 Å². The minimum absolute atomic E-state index is 0.135. The van der Waals surface area contributed by atoms with Crippen LogP contribution in [0.15, 0.2) is 35.8 Å². The number of fused-ring (bicyclic) bond motifs is 1. The molecule has 3 aromatic rings. The predicted octanol–water partition coefficient (Wildman–Crippen LogP) is 1.73. The predicted molar refractivity (Wildman–Crippen MR) is 97.6 cm³/mol. The molecule has 7 nitrogen and oxygen atoms in total. The van der Waals surface area contributed by atoms with Crippen LogP contribution in [0.5, 0.6) is 0 Å². The van der Waals surface area contributed by atoms with E-state index in [2.05, 4.69) is 10.2 Å². The van der Waals surface area contributed by atoms with Crippen LogP contribution >= 0.6 is 11.3 Å². The number of aromatic nitrogens is 4. The van der Waals surface area contributed by atoms with Gasteiger partial charge in [-0.1, -0.05) is 6.07 Å². The summed E-state index contributed by atoms with van der Waals surface area (Å²) in [6, 6.07) is 7.64. The van der Waals surface area contributed by atoms with Gasteiger partial charge in [-0.2, -0.15) is 10.2 Å². The molecular weight excluding hydrogens is 350 g/mol. The number of carbonyl (C=O) groups excluding carboxylic acids is 1. The van der Waals surface area contributed by atoms with Crippen LogP contribution in [0.1, 0.15) is 34.5 Å².